The van der Waals surface area contributed by atoms with Crippen molar-refractivity contribution in [1.29, 1.82) is 0 Å². The molecule has 0 amide bonds. The summed E-state index contributed by atoms with van der Waals surface area (Å²) in [4.78, 5) is 4.50. The Bertz CT molecular complexity index is 308. The molecule has 3 nitrogen and oxygen atoms in total. The van der Waals surface area contributed by atoms with Gasteiger partial charge in [0.15, 0.2) is 0 Å². The topological polar surface area (TPSA) is 29.9 Å². The Balaban J connectivity index is 1.77. The third-order valence-corrected chi connectivity index (χ3v) is 3.32. The summed E-state index contributed by atoms with van der Waals surface area (Å²) >= 11 is 0. The quantitative estimate of drug-likeness (QED) is 0.782. The standard InChI is InChI=1S/C11H17N3/c1-2-9(1)8-14-6-5-13-11(14)10-3-4-12-7-10/h5-6,9-10,12H,1-4,7-8H2. The van der Waals surface area contributed by atoms with E-state index in [1.807, 2.05) is 6.20 Å². The third-order valence-electron chi connectivity index (χ3n) is 3.32. The van der Waals surface area contributed by atoms with Crippen LogP contribution in [0.1, 0.15) is 31.0 Å². The lowest BCUT2D eigenvalue weighted by Crippen LogP contribution is -2.13. The molecule has 2 heterocycles. The highest BCUT2D eigenvalue weighted by molar-refractivity contribution is 5.04. The molecule has 1 saturated heterocycles. The van der Waals surface area contributed by atoms with Crippen molar-refractivity contribution in [2.24, 2.45) is 5.92 Å². The Labute approximate surface area is 84.5 Å². The van der Waals surface area contributed by atoms with E-state index in [-0.39, 0.29) is 0 Å². The Morgan fingerprint density at radius 1 is 1.43 bits per heavy atom. The first kappa shape index (κ1) is 8.48. The van der Waals surface area contributed by atoms with Gasteiger partial charge in [0.2, 0.25) is 0 Å². The van der Waals surface area contributed by atoms with Gasteiger partial charge in [-0.3, -0.25) is 0 Å². The van der Waals surface area contributed by atoms with Crippen molar-refractivity contribution in [3.63, 3.8) is 0 Å². The largest absolute Gasteiger partial charge is 0.334 e. The number of nitrogens with one attached hydrogen (secondary N) is 1. The van der Waals surface area contributed by atoms with E-state index in [0.29, 0.717) is 5.92 Å². The molecule has 1 aromatic rings. The smallest absolute Gasteiger partial charge is 0.113 e. The van der Waals surface area contributed by atoms with Crippen molar-refractivity contribution >= 4 is 0 Å². The Hall–Kier alpha value is -0.830. The van der Waals surface area contributed by atoms with Crippen LogP contribution in [-0.4, -0.2) is 22.6 Å². The number of hydrogen-bond acceptors (Lipinski definition) is 2. The van der Waals surface area contributed by atoms with Gasteiger partial charge in [0, 0.05) is 31.4 Å². The van der Waals surface area contributed by atoms with Crippen LogP contribution in [0, 0.1) is 5.92 Å². The lowest BCUT2D eigenvalue weighted by Gasteiger charge is -2.11. The van der Waals surface area contributed by atoms with Gasteiger partial charge >= 0.3 is 0 Å². The van der Waals surface area contributed by atoms with Crippen LogP contribution in [0.3, 0.4) is 0 Å². The van der Waals surface area contributed by atoms with Crippen LogP contribution >= 0.6 is 0 Å². The molecule has 1 aliphatic heterocycles. The van der Waals surface area contributed by atoms with E-state index in [2.05, 4.69) is 21.1 Å². The zero-order valence-electron chi connectivity index (χ0n) is 8.45. The van der Waals surface area contributed by atoms with Crippen molar-refractivity contribution in [2.75, 3.05) is 13.1 Å². The molecule has 0 bridgehead atoms. The van der Waals surface area contributed by atoms with Crippen molar-refractivity contribution in [2.45, 2.75) is 31.7 Å². The van der Waals surface area contributed by atoms with Gasteiger partial charge in [-0.1, -0.05) is 0 Å². The van der Waals surface area contributed by atoms with Crippen LogP contribution in [0.5, 0.6) is 0 Å². The molecule has 2 aliphatic rings. The summed E-state index contributed by atoms with van der Waals surface area (Å²) < 4.78 is 2.37. The second-order valence-electron chi connectivity index (χ2n) is 4.57. The van der Waals surface area contributed by atoms with E-state index in [1.54, 1.807) is 0 Å². The number of imidazole rings is 1. The van der Waals surface area contributed by atoms with Gasteiger partial charge in [-0.2, -0.15) is 0 Å². The first-order valence-electron chi connectivity index (χ1n) is 5.65. The summed E-state index contributed by atoms with van der Waals surface area (Å²) in [6.07, 6.45) is 8.19. The zero-order chi connectivity index (χ0) is 9.38. The predicted molar refractivity (Wildman–Crippen MR) is 55.2 cm³/mol. The van der Waals surface area contributed by atoms with Crippen LogP contribution in [0.2, 0.25) is 0 Å². The fraction of sp³-hybridized carbons (Fsp3) is 0.727. The number of aromatic nitrogens is 2. The summed E-state index contributed by atoms with van der Waals surface area (Å²) in [6.45, 7) is 3.47. The van der Waals surface area contributed by atoms with Gasteiger partial charge < -0.3 is 9.88 Å². The fourth-order valence-electron chi connectivity index (χ4n) is 2.29. The van der Waals surface area contributed by atoms with Crippen molar-refractivity contribution < 1.29 is 0 Å². The van der Waals surface area contributed by atoms with Crippen molar-refractivity contribution in [3.8, 4) is 0 Å². The van der Waals surface area contributed by atoms with Crippen LogP contribution in [0.15, 0.2) is 12.4 Å². The minimum Gasteiger partial charge on any atom is -0.334 e. The molecule has 0 spiro atoms. The molecule has 3 rings (SSSR count). The van der Waals surface area contributed by atoms with Crippen LogP contribution in [-0.2, 0) is 6.54 Å². The lowest BCUT2D eigenvalue weighted by molar-refractivity contribution is 0.561. The summed E-state index contributed by atoms with van der Waals surface area (Å²) in [7, 11) is 0. The summed E-state index contributed by atoms with van der Waals surface area (Å²) in [5.74, 6) is 2.91. The molecule has 14 heavy (non-hydrogen) atoms. The maximum Gasteiger partial charge on any atom is 0.113 e. The van der Waals surface area contributed by atoms with Gasteiger partial charge in [-0.25, -0.2) is 4.98 Å². The second kappa shape index (κ2) is 3.39. The van der Waals surface area contributed by atoms with Gasteiger partial charge in [0.1, 0.15) is 5.82 Å². The Morgan fingerprint density at radius 2 is 2.36 bits per heavy atom. The first-order chi connectivity index (χ1) is 6.93. The van der Waals surface area contributed by atoms with Gasteiger partial charge in [0.25, 0.3) is 0 Å². The van der Waals surface area contributed by atoms with E-state index in [9.17, 15) is 0 Å². The molecule has 1 aliphatic carbocycles. The van der Waals surface area contributed by atoms with Crippen molar-refractivity contribution in [1.82, 2.24) is 14.9 Å². The van der Waals surface area contributed by atoms with Crippen molar-refractivity contribution in [3.05, 3.63) is 18.2 Å². The molecule has 1 unspecified atom stereocenters. The molecule has 76 valence electrons. The van der Waals surface area contributed by atoms with E-state index in [1.165, 1.54) is 31.6 Å². The van der Waals surface area contributed by atoms with E-state index < -0.39 is 0 Å². The molecule has 3 heteroatoms. The normalized spacial score (nSPS) is 27.0. The highest BCUT2D eigenvalue weighted by atomic mass is 15.1. The molecular formula is C11H17N3. The summed E-state index contributed by atoms with van der Waals surface area (Å²) in [5.41, 5.74) is 0. The van der Waals surface area contributed by atoms with E-state index in [4.69, 9.17) is 0 Å². The number of nitrogens with zero attached hydrogens (tertiary/aromatic N) is 2. The molecule has 0 aromatic carbocycles. The number of rotatable bonds is 3. The minimum atomic E-state index is 0.656. The zero-order valence-corrected chi connectivity index (χ0v) is 8.45. The molecule has 1 aromatic heterocycles. The second-order valence-corrected chi connectivity index (χ2v) is 4.57. The molecule has 1 N–H and O–H groups in total. The highest BCUT2D eigenvalue weighted by Gasteiger charge is 2.25. The maximum atomic E-state index is 4.50. The minimum absolute atomic E-state index is 0.656. The molecule has 2 fully saturated rings. The molecule has 0 radical (unpaired) electrons. The lowest BCUT2D eigenvalue weighted by atomic mass is 10.1. The first-order valence-corrected chi connectivity index (χ1v) is 5.65. The Morgan fingerprint density at radius 3 is 3.07 bits per heavy atom. The SMILES string of the molecule is c1cn(CC2CC2)c(C2CCNC2)n1. The molecule has 1 atom stereocenters. The molecular weight excluding hydrogens is 174 g/mol. The van der Waals surface area contributed by atoms with E-state index in [0.717, 1.165) is 19.0 Å². The average Bonchev–Trinajstić information content (AvgIpc) is 2.68. The molecule has 1 saturated carbocycles. The maximum absolute atomic E-state index is 4.50. The Kier molecular flexibility index (Phi) is 2.05. The van der Waals surface area contributed by atoms with E-state index >= 15 is 0 Å². The monoisotopic (exact) mass is 191 g/mol. The van der Waals surface area contributed by atoms with Crippen LogP contribution in [0.4, 0.5) is 0 Å². The summed E-state index contributed by atoms with van der Waals surface area (Å²) in [5, 5.41) is 3.40. The third kappa shape index (κ3) is 1.57. The highest BCUT2D eigenvalue weighted by Crippen LogP contribution is 2.32. The number of hydrogen-bond donors (Lipinski definition) is 1. The predicted octanol–water partition coefficient (Wildman–Crippen LogP) is 1.37. The van der Waals surface area contributed by atoms with Gasteiger partial charge in [-0.05, 0) is 31.7 Å². The fourth-order valence-corrected chi connectivity index (χ4v) is 2.29. The summed E-state index contributed by atoms with van der Waals surface area (Å²) in [6, 6.07) is 0. The van der Waals surface area contributed by atoms with Gasteiger partial charge in [0.05, 0.1) is 0 Å². The van der Waals surface area contributed by atoms with Gasteiger partial charge in [-0.15, -0.1) is 0 Å². The van der Waals surface area contributed by atoms with Crippen LogP contribution < -0.4 is 5.32 Å². The van der Waals surface area contributed by atoms with Crippen LogP contribution in [0.25, 0.3) is 0 Å². The average molecular weight is 191 g/mol.